The van der Waals surface area contributed by atoms with E-state index in [9.17, 15) is 10.2 Å². The van der Waals surface area contributed by atoms with Crippen LogP contribution in [0, 0.1) is 5.92 Å². The molecule has 1 aliphatic rings. The van der Waals surface area contributed by atoms with Crippen molar-refractivity contribution in [3.05, 3.63) is 0 Å². The average Bonchev–Trinajstić information content (AvgIpc) is 2.47. The molecule has 1 aliphatic heterocycles. The van der Waals surface area contributed by atoms with Crippen LogP contribution in [0.2, 0.25) is 0 Å². The van der Waals surface area contributed by atoms with Crippen LogP contribution in [-0.2, 0) is 4.74 Å². The second-order valence-electron chi connectivity index (χ2n) is 3.59. The van der Waals surface area contributed by atoms with E-state index < -0.39 is 18.3 Å². The second-order valence-corrected chi connectivity index (χ2v) is 3.59. The number of aliphatic hydroxyl groups is 3. The lowest BCUT2D eigenvalue weighted by Gasteiger charge is -2.21. The summed E-state index contributed by atoms with van der Waals surface area (Å²) in [5, 5.41) is 28.0. The van der Waals surface area contributed by atoms with Crippen molar-refractivity contribution in [2.24, 2.45) is 5.92 Å². The molecule has 1 heterocycles. The third-order valence-corrected chi connectivity index (χ3v) is 2.52. The fraction of sp³-hybridized carbons (Fsp3) is 1.00. The zero-order valence-electron chi connectivity index (χ0n) is 7.89. The van der Waals surface area contributed by atoms with E-state index in [0.717, 1.165) is 6.42 Å². The van der Waals surface area contributed by atoms with Gasteiger partial charge in [0.05, 0.1) is 25.4 Å². The number of ether oxygens (including phenoxy) is 1. The number of hydrogen-bond donors (Lipinski definition) is 3. The molecule has 78 valence electrons. The van der Waals surface area contributed by atoms with Crippen LogP contribution >= 0.6 is 0 Å². The lowest BCUT2D eigenvalue weighted by atomic mass is 9.97. The first-order valence-corrected chi connectivity index (χ1v) is 4.79. The first-order chi connectivity index (χ1) is 6.20. The van der Waals surface area contributed by atoms with Crippen molar-refractivity contribution >= 4 is 0 Å². The van der Waals surface area contributed by atoms with Gasteiger partial charge in [0.25, 0.3) is 0 Å². The predicted octanol–water partition coefficient (Wildman–Crippen LogP) is -0.484. The molecule has 0 radical (unpaired) electrons. The van der Waals surface area contributed by atoms with Crippen LogP contribution in [0.3, 0.4) is 0 Å². The summed E-state index contributed by atoms with van der Waals surface area (Å²) >= 11 is 0. The fourth-order valence-corrected chi connectivity index (χ4v) is 1.66. The Balaban J connectivity index is 2.43. The van der Waals surface area contributed by atoms with Crippen LogP contribution in [0.5, 0.6) is 0 Å². The molecule has 4 unspecified atom stereocenters. The molecule has 0 aromatic heterocycles. The van der Waals surface area contributed by atoms with Crippen LogP contribution in [0.25, 0.3) is 0 Å². The molecule has 0 aliphatic carbocycles. The van der Waals surface area contributed by atoms with E-state index in [1.165, 1.54) is 0 Å². The Hall–Kier alpha value is -0.160. The summed E-state index contributed by atoms with van der Waals surface area (Å²) in [5.74, 6) is -0.239. The minimum atomic E-state index is -0.730. The van der Waals surface area contributed by atoms with Gasteiger partial charge in [-0.25, -0.2) is 0 Å². The standard InChI is InChI=1S/C9H18O4/c1-2-3-7(11)9-8(12)6(4-10)5-13-9/h6-12H,2-5H2,1H3. The van der Waals surface area contributed by atoms with Gasteiger partial charge in [0, 0.05) is 5.92 Å². The summed E-state index contributed by atoms with van der Waals surface area (Å²) in [6, 6.07) is 0. The third-order valence-electron chi connectivity index (χ3n) is 2.52. The quantitative estimate of drug-likeness (QED) is 0.560. The van der Waals surface area contributed by atoms with Gasteiger partial charge >= 0.3 is 0 Å². The van der Waals surface area contributed by atoms with Gasteiger partial charge in [0.15, 0.2) is 0 Å². The molecule has 3 N–H and O–H groups in total. The molecule has 1 fully saturated rings. The molecule has 0 aromatic carbocycles. The number of rotatable bonds is 4. The van der Waals surface area contributed by atoms with Gasteiger partial charge in [-0.1, -0.05) is 13.3 Å². The smallest absolute Gasteiger partial charge is 0.110 e. The van der Waals surface area contributed by atoms with Gasteiger partial charge in [-0.05, 0) is 6.42 Å². The molecule has 1 saturated heterocycles. The van der Waals surface area contributed by atoms with E-state index in [0.29, 0.717) is 13.0 Å². The Labute approximate surface area is 78.1 Å². The topological polar surface area (TPSA) is 69.9 Å². The van der Waals surface area contributed by atoms with E-state index >= 15 is 0 Å². The lowest BCUT2D eigenvalue weighted by molar-refractivity contribution is -0.0507. The van der Waals surface area contributed by atoms with Gasteiger partial charge in [-0.3, -0.25) is 0 Å². The Morgan fingerprint density at radius 2 is 2.23 bits per heavy atom. The monoisotopic (exact) mass is 190 g/mol. The highest BCUT2D eigenvalue weighted by Crippen LogP contribution is 2.24. The minimum Gasteiger partial charge on any atom is -0.396 e. The normalized spacial score (nSPS) is 36.5. The van der Waals surface area contributed by atoms with Crippen molar-refractivity contribution in [3.63, 3.8) is 0 Å². The molecule has 13 heavy (non-hydrogen) atoms. The van der Waals surface area contributed by atoms with Crippen molar-refractivity contribution in [1.82, 2.24) is 0 Å². The Bertz CT molecular complexity index is 151. The molecule has 0 amide bonds. The minimum absolute atomic E-state index is 0.0868. The second kappa shape index (κ2) is 4.91. The molecular weight excluding hydrogens is 172 g/mol. The summed E-state index contributed by atoms with van der Waals surface area (Å²) in [7, 11) is 0. The first-order valence-electron chi connectivity index (χ1n) is 4.79. The van der Waals surface area contributed by atoms with E-state index in [1.54, 1.807) is 0 Å². The van der Waals surface area contributed by atoms with Gasteiger partial charge in [0.1, 0.15) is 6.10 Å². The molecule has 4 nitrogen and oxygen atoms in total. The van der Waals surface area contributed by atoms with Crippen molar-refractivity contribution in [2.45, 2.75) is 38.1 Å². The number of hydrogen-bond acceptors (Lipinski definition) is 4. The van der Waals surface area contributed by atoms with E-state index in [4.69, 9.17) is 9.84 Å². The predicted molar refractivity (Wildman–Crippen MR) is 47.2 cm³/mol. The van der Waals surface area contributed by atoms with Gasteiger partial charge < -0.3 is 20.1 Å². The third kappa shape index (κ3) is 2.40. The van der Waals surface area contributed by atoms with Gasteiger partial charge in [0.2, 0.25) is 0 Å². The van der Waals surface area contributed by atoms with Crippen LogP contribution < -0.4 is 0 Å². The Morgan fingerprint density at radius 1 is 1.54 bits per heavy atom. The summed E-state index contributed by atoms with van der Waals surface area (Å²) < 4.78 is 5.22. The van der Waals surface area contributed by atoms with Crippen molar-refractivity contribution in [3.8, 4) is 0 Å². The fourth-order valence-electron chi connectivity index (χ4n) is 1.66. The largest absolute Gasteiger partial charge is 0.396 e. The molecule has 0 saturated carbocycles. The molecule has 1 rings (SSSR count). The highest BCUT2D eigenvalue weighted by molar-refractivity contribution is 4.87. The summed E-state index contributed by atoms with van der Waals surface area (Å²) in [5.41, 5.74) is 0. The maximum atomic E-state index is 9.60. The van der Waals surface area contributed by atoms with E-state index in [1.807, 2.05) is 6.92 Å². The Kier molecular flexibility index (Phi) is 4.12. The number of aliphatic hydroxyl groups excluding tert-OH is 3. The lowest BCUT2D eigenvalue weighted by Crippen LogP contribution is -2.37. The first kappa shape index (κ1) is 10.9. The highest BCUT2D eigenvalue weighted by atomic mass is 16.5. The van der Waals surface area contributed by atoms with Crippen LogP contribution in [0.4, 0.5) is 0 Å². The molecule has 0 aromatic rings. The van der Waals surface area contributed by atoms with Crippen molar-refractivity contribution in [2.75, 3.05) is 13.2 Å². The molecule has 4 heteroatoms. The van der Waals surface area contributed by atoms with Crippen LogP contribution in [0.1, 0.15) is 19.8 Å². The van der Waals surface area contributed by atoms with Gasteiger partial charge in [-0.2, -0.15) is 0 Å². The average molecular weight is 190 g/mol. The summed E-state index contributed by atoms with van der Waals surface area (Å²) in [6.07, 6.45) is -0.377. The van der Waals surface area contributed by atoms with E-state index in [2.05, 4.69) is 0 Å². The van der Waals surface area contributed by atoms with Crippen molar-refractivity contribution in [1.29, 1.82) is 0 Å². The van der Waals surface area contributed by atoms with Crippen LogP contribution in [0.15, 0.2) is 0 Å². The zero-order chi connectivity index (χ0) is 9.84. The SMILES string of the molecule is CCCC(O)C1OCC(CO)C1O. The van der Waals surface area contributed by atoms with Crippen LogP contribution in [-0.4, -0.2) is 46.8 Å². The molecule has 0 bridgehead atoms. The highest BCUT2D eigenvalue weighted by Gasteiger charge is 2.39. The Morgan fingerprint density at radius 3 is 2.69 bits per heavy atom. The summed E-state index contributed by atoms with van der Waals surface area (Å²) in [4.78, 5) is 0. The maximum Gasteiger partial charge on any atom is 0.110 e. The molecule has 4 atom stereocenters. The van der Waals surface area contributed by atoms with Crippen molar-refractivity contribution < 1.29 is 20.1 Å². The van der Waals surface area contributed by atoms with Gasteiger partial charge in [-0.15, -0.1) is 0 Å². The maximum absolute atomic E-state index is 9.60. The summed E-state index contributed by atoms with van der Waals surface area (Å²) in [6.45, 7) is 2.22. The molecule has 0 spiro atoms. The molecular formula is C9H18O4. The van der Waals surface area contributed by atoms with E-state index in [-0.39, 0.29) is 12.5 Å². The zero-order valence-corrected chi connectivity index (χ0v) is 7.89.